The van der Waals surface area contributed by atoms with Gasteiger partial charge < -0.3 is 5.32 Å². The maximum absolute atomic E-state index is 13.5. The summed E-state index contributed by atoms with van der Waals surface area (Å²) >= 11 is 3.17. The molecule has 0 fully saturated rings. The predicted molar refractivity (Wildman–Crippen MR) is 81.6 cm³/mol. The van der Waals surface area contributed by atoms with Crippen LogP contribution < -0.4 is 16.6 Å². The van der Waals surface area contributed by atoms with Crippen LogP contribution in [0.5, 0.6) is 0 Å². The Hall–Kier alpha value is -2.26. The molecule has 0 saturated heterocycles. The van der Waals surface area contributed by atoms with Crippen LogP contribution in [0.15, 0.2) is 22.8 Å². The van der Waals surface area contributed by atoms with E-state index in [1.165, 1.54) is 6.07 Å². The Kier molecular flexibility index (Phi) is 3.43. The van der Waals surface area contributed by atoms with Crippen LogP contribution in [0.1, 0.15) is 5.56 Å². The number of nitrogens with zero attached hydrogens (tertiary/aromatic N) is 3. The summed E-state index contributed by atoms with van der Waals surface area (Å²) in [5, 5.41) is 10.5. The molecule has 0 atom stereocenters. The van der Waals surface area contributed by atoms with Gasteiger partial charge in [-0.1, -0.05) is 0 Å². The number of fused-ring (bicyclic) bond motifs is 1. The van der Waals surface area contributed by atoms with Crippen LogP contribution in [-0.4, -0.2) is 20.2 Å². The van der Waals surface area contributed by atoms with E-state index in [1.54, 1.807) is 19.2 Å². The topological polar surface area (TPSA) is 105 Å². The molecule has 9 heteroatoms. The fourth-order valence-electron chi connectivity index (χ4n) is 1.90. The maximum Gasteiger partial charge on any atom is 0.241 e. The van der Waals surface area contributed by atoms with Crippen molar-refractivity contribution in [3.05, 3.63) is 34.2 Å². The zero-order valence-electron chi connectivity index (χ0n) is 10.9. The lowest BCUT2D eigenvalue weighted by Gasteiger charge is -2.11. The van der Waals surface area contributed by atoms with Crippen LogP contribution in [0.25, 0.3) is 11.0 Å². The number of nitrogens with two attached hydrogens (primary N) is 1. The number of hydrazine groups is 1. The molecule has 2 aromatic heterocycles. The third kappa shape index (κ3) is 2.52. The van der Waals surface area contributed by atoms with Crippen molar-refractivity contribution in [3.8, 4) is 0 Å². The van der Waals surface area contributed by atoms with Crippen molar-refractivity contribution in [2.45, 2.75) is 6.92 Å². The van der Waals surface area contributed by atoms with E-state index in [1.807, 2.05) is 0 Å². The van der Waals surface area contributed by atoms with E-state index in [0.29, 0.717) is 27.0 Å². The van der Waals surface area contributed by atoms with Gasteiger partial charge in [0.15, 0.2) is 5.65 Å². The predicted octanol–water partition coefficient (Wildman–Crippen LogP) is 2.59. The summed E-state index contributed by atoms with van der Waals surface area (Å²) in [7, 11) is 0. The third-order valence-corrected chi connectivity index (χ3v) is 3.57. The number of benzene rings is 1. The Bertz CT molecular complexity index is 817. The van der Waals surface area contributed by atoms with Crippen molar-refractivity contribution in [3.63, 3.8) is 0 Å². The summed E-state index contributed by atoms with van der Waals surface area (Å²) in [6.45, 7) is 1.80. The van der Waals surface area contributed by atoms with Crippen molar-refractivity contribution in [2.75, 3.05) is 10.7 Å². The minimum atomic E-state index is -0.321. The average Bonchev–Trinajstić information content (AvgIpc) is 2.93. The van der Waals surface area contributed by atoms with Gasteiger partial charge in [0.2, 0.25) is 5.95 Å². The summed E-state index contributed by atoms with van der Waals surface area (Å²) in [4.78, 5) is 8.39. The molecule has 7 nitrogen and oxygen atoms in total. The number of nitrogens with one attached hydrogen (secondary N) is 3. The minimum Gasteiger partial charge on any atom is -0.339 e. The number of H-pyrrole nitrogens is 1. The highest BCUT2D eigenvalue weighted by atomic mass is 79.9. The lowest BCUT2D eigenvalue weighted by Crippen LogP contribution is -2.11. The Labute approximate surface area is 127 Å². The zero-order chi connectivity index (χ0) is 15.0. The van der Waals surface area contributed by atoms with Crippen molar-refractivity contribution < 1.29 is 4.39 Å². The second kappa shape index (κ2) is 5.26. The number of nitrogen functional groups attached to an aromatic ring is 1. The van der Waals surface area contributed by atoms with E-state index >= 15 is 0 Å². The van der Waals surface area contributed by atoms with Crippen LogP contribution in [-0.2, 0) is 0 Å². The van der Waals surface area contributed by atoms with E-state index in [2.05, 4.69) is 46.8 Å². The molecule has 0 radical (unpaired) electrons. The van der Waals surface area contributed by atoms with Crippen LogP contribution in [0.2, 0.25) is 0 Å². The molecule has 0 aliphatic heterocycles. The second-order valence-electron chi connectivity index (χ2n) is 4.38. The molecule has 0 unspecified atom stereocenters. The molecule has 21 heavy (non-hydrogen) atoms. The van der Waals surface area contributed by atoms with E-state index < -0.39 is 0 Å². The van der Waals surface area contributed by atoms with Crippen LogP contribution in [0.4, 0.5) is 21.8 Å². The highest BCUT2D eigenvalue weighted by Crippen LogP contribution is 2.29. The number of hydrogen-bond donors (Lipinski definition) is 4. The molecular weight excluding hydrogens is 341 g/mol. The van der Waals surface area contributed by atoms with Gasteiger partial charge in [0.25, 0.3) is 0 Å². The van der Waals surface area contributed by atoms with Crippen molar-refractivity contribution >= 4 is 44.4 Å². The first-order chi connectivity index (χ1) is 10.1. The summed E-state index contributed by atoms with van der Waals surface area (Å²) in [5.41, 5.74) is 4.39. The summed E-state index contributed by atoms with van der Waals surface area (Å²) in [6.07, 6.45) is 1.60. The normalized spacial score (nSPS) is 10.9. The fraction of sp³-hybridized carbons (Fsp3) is 0.0833. The second-order valence-corrected chi connectivity index (χ2v) is 5.23. The van der Waals surface area contributed by atoms with E-state index in [-0.39, 0.29) is 11.8 Å². The SMILES string of the molecule is Cc1cc(F)c(Br)cc1Nc1nc(NN)nc2[nH]ncc12. The zero-order valence-corrected chi connectivity index (χ0v) is 12.5. The number of anilines is 3. The van der Waals surface area contributed by atoms with Crippen molar-refractivity contribution in [1.82, 2.24) is 20.2 Å². The van der Waals surface area contributed by atoms with Gasteiger partial charge in [-0.2, -0.15) is 15.1 Å². The highest BCUT2D eigenvalue weighted by Gasteiger charge is 2.12. The smallest absolute Gasteiger partial charge is 0.241 e. The molecule has 0 spiro atoms. The monoisotopic (exact) mass is 351 g/mol. The number of halogens is 2. The van der Waals surface area contributed by atoms with E-state index in [0.717, 1.165) is 5.56 Å². The average molecular weight is 352 g/mol. The molecule has 0 amide bonds. The lowest BCUT2D eigenvalue weighted by molar-refractivity contribution is 0.620. The number of rotatable bonds is 3. The largest absolute Gasteiger partial charge is 0.339 e. The number of hydrogen-bond acceptors (Lipinski definition) is 6. The Balaban J connectivity index is 2.09. The molecule has 3 aromatic rings. The molecule has 1 aromatic carbocycles. The summed E-state index contributed by atoms with van der Waals surface area (Å²) in [6, 6.07) is 3.08. The molecule has 108 valence electrons. The van der Waals surface area contributed by atoms with Crippen LogP contribution >= 0.6 is 15.9 Å². The van der Waals surface area contributed by atoms with Crippen LogP contribution in [0, 0.1) is 12.7 Å². The minimum absolute atomic E-state index is 0.244. The molecule has 2 heterocycles. The highest BCUT2D eigenvalue weighted by molar-refractivity contribution is 9.10. The first kappa shape index (κ1) is 13.7. The molecule has 0 aliphatic carbocycles. The van der Waals surface area contributed by atoms with Gasteiger partial charge >= 0.3 is 0 Å². The van der Waals surface area contributed by atoms with Crippen molar-refractivity contribution in [1.29, 1.82) is 0 Å². The molecule has 0 bridgehead atoms. The number of aromatic nitrogens is 4. The fourth-order valence-corrected chi connectivity index (χ4v) is 2.25. The van der Waals surface area contributed by atoms with Gasteiger partial charge in [0.05, 0.1) is 16.1 Å². The summed E-state index contributed by atoms with van der Waals surface area (Å²) < 4.78 is 13.8. The van der Waals surface area contributed by atoms with Gasteiger partial charge in [0, 0.05) is 5.69 Å². The Morgan fingerprint density at radius 2 is 2.14 bits per heavy atom. The first-order valence-electron chi connectivity index (χ1n) is 5.99. The number of aromatic amines is 1. The molecule has 3 rings (SSSR count). The summed E-state index contributed by atoms with van der Waals surface area (Å²) in [5.74, 6) is 5.79. The Morgan fingerprint density at radius 3 is 2.90 bits per heavy atom. The molecule has 5 N–H and O–H groups in total. The molecule has 0 saturated carbocycles. The van der Waals surface area contributed by atoms with Gasteiger partial charge in [-0.25, -0.2) is 10.2 Å². The quantitative estimate of drug-likeness (QED) is 0.427. The first-order valence-corrected chi connectivity index (χ1v) is 6.78. The van der Waals surface area contributed by atoms with E-state index in [9.17, 15) is 4.39 Å². The molecule has 0 aliphatic rings. The van der Waals surface area contributed by atoms with Gasteiger partial charge in [-0.3, -0.25) is 10.5 Å². The van der Waals surface area contributed by atoms with E-state index in [4.69, 9.17) is 5.84 Å². The molecular formula is C12H11BrFN7. The van der Waals surface area contributed by atoms with Crippen LogP contribution in [0.3, 0.4) is 0 Å². The Morgan fingerprint density at radius 1 is 1.33 bits per heavy atom. The maximum atomic E-state index is 13.5. The number of aryl methyl sites for hydroxylation is 1. The van der Waals surface area contributed by atoms with Gasteiger partial charge in [-0.05, 0) is 40.5 Å². The van der Waals surface area contributed by atoms with Gasteiger partial charge in [-0.15, -0.1) is 0 Å². The standard InChI is InChI=1S/C12H11BrFN7/c1-5-2-8(14)7(13)3-9(5)17-10-6-4-16-21-11(6)19-12(18-10)20-15/h2-4H,15H2,1H3,(H3,16,17,18,19,20,21). The third-order valence-electron chi connectivity index (χ3n) is 2.96. The van der Waals surface area contributed by atoms with Gasteiger partial charge in [0.1, 0.15) is 11.6 Å². The lowest BCUT2D eigenvalue weighted by atomic mass is 10.2. The van der Waals surface area contributed by atoms with Crippen molar-refractivity contribution in [2.24, 2.45) is 5.84 Å².